The van der Waals surface area contributed by atoms with E-state index in [-0.39, 0.29) is 17.1 Å². The van der Waals surface area contributed by atoms with Crippen molar-refractivity contribution >= 4 is 21.9 Å². The SMILES string of the molecule is COC(=O)C1=Cc2cc(OCc3cccc(OC)c3)ccc2S(=O)(=O)CC1. The van der Waals surface area contributed by atoms with E-state index in [9.17, 15) is 13.2 Å². The summed E-state index contributed by atoms with van der Waals surface area (Å²) < 4.78 is 40.7. The van der Waals surface area contributed by atoms with Crippen molar-refractivity contribution in [1.82, 2.24) is 0 Å². The smallest absolute Gasteiger partial charge is 0.333 e. The molecule has 0 saturated heterocycles. The van der Waals surface area contributed by atoms with Crippen molar-refractivity contribution in [2.45, 2.75) is 17.9 Å². The summed E-state index contributed by atoms with van der Waals surface area (Å²) in [6, 6.07) is 12.2. The lowest BCUT2D eigenvalue weighted by atomic mass is 10.1. The zero-order valence-corrected chi connectivity index (χ0v) is 15.9. The van der Waals surface area contributed by atoms with Crippen molar-refractivity contribution in [3.8, 4) is 11.5 Å². The van der Waals surface area contributed by atoms with Crippen LogP contribution in [-0.4, -0.2) is 34.4 Å². The summed E-state index contributed by atoms with van der Waals surface area (Å²) in [6.45, 7) is 0.302. The van der Waals surface area contributed by atoms with Gasteiger partial charge >= 0.3 is 5.97 Å². The number of esters is 1. The Morgan fingerprint density at radius 3 is 2.63 bits per heavy atom. The molecule has 7 heteroatoms. The van der Waals surface area contributed by atoms with Gasteiger partial charge in [-0.25, -0.2) is 13.2 Å². The zero-order chi connectivity index (χ0) is 19.4. The minimum atomic E-state index is -3.48. The molecule has 0 N–H and O–H groups in total. The maximum atomic E-state index is 12.5. The quantitative estimate of drug-likeness (QED) is 0.733. The molecule has 1 heterocycles. The van der Waals surface area contributed by atoms with Crippen LogP contribution >= 0.6 is 0 Å². The first-order valence-electron chi connectivity index (χ1n) is 8.34. The Morgan fingerprint density at radius 2 is 1.89 bits per heavy atom. The van der Waals surface area contributed by atoms with Crippen molar-refractivity contribution in [3.05, 3.63) is 59.2 Å². The summed E-state index contributed by atoms with van der Waals surface area (Å²) in [4.78, 5) is 12.1. The minimum Gasteiger partial charge on any atom is -0.497 e. The number of benzene rings is 2. The van der Waals surface area contributed by atoms with Crippen LogP contribution in [0.5, 0.6) is 11.5 Å². The lowest BCUT2D eigenvalue weighted by molar-refractivity contribution is -0.136. The van der Waals surface area contributed by atoms with Gasteiger partial charge in [0.1, 0.15) is 18.1 Å². The first-order valence-corrected chi connectivity index (χ1v) is 9.99. The number of fused-ring (bicyclic) bond motifs is 1. The van der Waals surface area contributed by atoms with Gasteiger partial charge in [0.15, 0.2) is 9.84 Å². The fourth-order valence-electron chi connectivity index (χ4n) is 2.85. The van der Waals surface area contributed by atoms with Crippen molar-refractivity contribution in [2.24, 2.45) is 0 Å². The van der Waals surface area contributed by atoms with Crippen LogP contribution in [0.4, 0.5) is 0 Å². The van der Waals surface area contributed by atoms with E-state index in [2.05, 4.69) is 0 Å². The van der Waals surface area contributed by atoms with Crippen LogP contribution in [0, 0.1) is 0 Å². The fourth-order valence-corrected chi connectivity index (χ4v) is 4.31. The molecule has 0 bridgehead atoms. The summed E-state index contributed by atoms with van der Waals surface area (Å²) in [7, 11) is -0.608. The molecular weight excluding hydrogens is 368 g/mol. The minimum absolute atomic E-state index is 0.115. The Labute approximate surface area is 158 Å². The van der Waals surface area contributed by atoms with E-state index in [1.807, 2.05) is 24.3 Å². The molecule has 3 rings (SSSR count). The Morgan fingerprint density at radius 1 is 1.07 bits per heavy atom. The Bertz CT molecular complexity index is 991. The molecule has 0 radical (unpaired) electrons. The molecule has 0 fully saturated rings. The number of hydrogen-bond donors (Lipinski definition) is 0. The molecular formula is C20H20O6S. The number of carbonyl (C=O) groups is 1. The van der Waals surface area contributed by atoms with Gasteiger partial charge in [-0.1, -0.05) is 12.1 Å². The topological polar surface area (TPSA) is 78.9 Å². The average Bonchev–Trinajstić information content (AvgIpc) is 2.81. The van der Waals surface area contributed by atoms with Crippen LogP contribution in [0.1, 0.15) is 17.5 Å². The van der Waals surface area contributed by atoms with Crippen LogP contribution in [0.15, 0.2) is 52.9 Å². The third kappa shape index (κ3) is 4.31. The zero-order valence-electron chi connectivity index (χ0n) is 15.1. The molecule has 2 aromatic carbocycles. The van der Waals surface area contributed by atoms with Crippen molar-refractivity contribution in [1.29, 1.82) is 0 Å². The normalized spacial score (nSPS) is 15.1. The predicted molar refractivity (Wildman–Crippen MR) is 100 cm³/mol. The number of hydrogen-bond acceptors (Lipinski definition) is 6. The first-order chi connectivity index (χ1) is 12.9. The molecule has 0 unspecified atom stereocenters. The highest BCUT2D eigenvalue weighted by Crippen LogP contribution is 2.30. The van der Waals surface area contributed by atoms with E-state index in [4.69, 9.17) is 14.2 Å². The van der Waals surface area contributed by atoms with Crippen LogP contribution in [0.3, 0.4) is 0 Å². The molecule has 0 atom stereocenters. The molecule has 1 aliphatic heterocycles. The van der Waals surface area contributed by atoms with Crippen LogP contribution < -0.4 is 9.47 Å². The van der Waals surface area contributed by atoms with E-state index in [0.29, 0.717) is 23.5 Å². The number of methoxy groups -OCH3 is 2. The lowest BCUT2D eigenvalue weighted by Crippen LogP contribution is -2.10. The number of ether oxygens (including phenoxy) is 3. The van der Waals surface area contributed by atoms with Gasteiger partial charge in [0, 0.05) is 5.57 Å². The Hall–Kier alpha value is -2.80. The second-order valence-corrected chi connectivity index (χ2v) is 8.15. The average molecular weight is 388 g/mol. The summed E-state index contributed by atoms with van der Waals surface area (Å²) in [5.74, 6) is 0.579. The van der Waals surface area contributed by atoms with E-state index in [1.165, 1.54) is 13.2 Å². The Kier molecular flexibility index (Phi) is 5.51. The molecule has 142 valence electrons. The van der Waals surface area contributed by atoms with E-state index in [1.54, 1.807) is 25.3 Å². The van der Waals surface area contributed by atoms with Gasteiger partial charge in [0.2, 0.25) is 0 Å². The predicted octanol–water partition coefficient (Wildman–Crippen LogP) is 3.01. The largest absolute Gasteiger partial charge is 0.497 e. The highest BCUT2D eigenvalue weighted by molar-refractivity contribution is 7.91. The number of carbonyl (C=O) groups excluding carboxylic acids is 1. The molecule has 6 nitrogen and oxygen atoms in total. The molecule has 27 heavy (non-hydrogen) atoms. The van der Waals surface area contributed by atoms with Crippen molar-refractivity contribution in [3.63, 3.8) is 0 Å². The number of rotatable bonds is 5. The van der Waals surface area contributed by atoms with E-state index in [0.717, 1.165) is 11.3 Å². The van der Waals surface area contributed by atoms with E-state index >= 15 is 0 Å². The molecule has 0 aromatic heterocycles. The summed E-state index contributed by atoms with van der Waals surface area (Å²) >= 11 is 0. The maximum absolute atomic E-state index is 12.5. The maximum Gasteiger partial charge on any atom is 0.333 e. The van der Waals surface area contributed by atoms with E-state index < -0.39 is 15.8 Å². The molecule has 0 saturated carbocycles. The fraction of sp³-hybridized carbons (Fsp3) is 0.250. The lowest BCUT2D eigenvalue weighted by Gasteiger charge is -2.10. The van der Waals surface area contributed by atoms with Gasteiger partial charge < -0.3 is 14.2 Å². The summed E-state index contributed by atoms with van der Waals surface area (Å²) in [5.41, 5.74) is 1.67. The van der Waals surface area contributed by atoms with Gasteiger partial charge in [-0.2, -0.15) is 0 Å². The Balaban J connectivity index is 1.89. The second-order valence-electron chi connectivity index (χ2n) is 6.07. The van der Waals surface area contributed by atoms with Crippen molar-refractivity contribution in [2.75, 3.05) is 20.0 Å². The van der Waals surface area contributed by atoms with Gasteiger partial charge in [-0.3, -0.25) is 0 Å². The third-order valence-corrected chi connectivity index (χ3v) is 6.06. The van der Waals surface area contributed by atoms with Gasteiger partial charge in [0.05, 0.1) is 24.9 Å². The standard InChI is InChI=1S/C20H20O6S/c1-24-17-5-3-4-14(10-17)13-26-18-6-7-19-16(12-18)11-15(20(21)25-2)8-9-27(19,22)23/h3-7,10-12H,8-9,13H2,1-2H3. The van der Waals surface area contributed by atoms with Gasteiger partial charge in [-0.05, 0) is 54.0 Å². The van der Waals surface area contributed by atoms with Crippen LogP contribution in [0.25, 0.3) is 6.08 Å². The monoisotopic (exact) mass is 388 g/mol. The first kappa shape index (κ1) is 19.0. The molecule has 2 aromatic rings. The van der Waals surface area contributed by atoms with Gasteiger partial charge in [-0.15, -0.1) is 0 Å². The van der Waals surface area contributed by atoms with Crippen molar-refractivity contribution < 1.29 is 27.4 Å². The second kappa shape index (κ2) is 7.84. The highest BCUT2D eigenvalue weighted by Gasteiger charge is 2.25. The molecule has 0 spiro atoms. The molecule has 0 aliphatic carbocycles. The molecule has 1 aliphatic rings. The summed E-state index contributed by atoms with van der Waals surface area (Å²) in [5, 5.41) is 0. The van der Waals surface area contributed by atoms with Crippen LogP contribution in [0.2, 0.25) is 0 Å². The molecule has 0 amide bonds. The number of sulfone groups is 1. The summed E-state index contributed by atoms with van der Waals surface area (Å²) in [6.07, 6.45) is 1.67. The van der Waals surface area contributed by atoms with Gasteiger partial charge in [0.25, 0.3) is 0 Å². The third-order valence-electron chi connectivity index (χ3n) is 4.27. The van der Waals surface area contributed by atoms with Crippen LogP contribution in [-0.2, 0) is 26.0 Å². The highest BCUT2D eigenvalue weighted by atomic mass is 32.2.